The molecule has 3 rings (SSSR count). The third kappa shape index (κ3) is 2.65. The van der Waals surface area contributed by atoms with Crippen LogP contribution in [0.2, 0.25) is 0 Å². The molecule has 0 bridgehead atoms. The predicted octanol–water partition coefficient (Wildman–Crippen LogP) is 1.87. The Hall–Kier alpha value is -3.20. The van der Waals surface area contributed by atoms with Crippen molar-refractivity contribution in [3.63, 3.8) is 0 Å². The van der Waals surface area contributed by atoms with Gasteiger partial charge < -0.3 is 10.1 Å². The van der Waals surface area contributed by atoms with Crippen LogP contribution in [0.4, 0.5) is 5.82 Å². The molecule has 3 aromatic rings. The Bertz CT molecular complexity index is 865. The second-order valence-corrected chi connectivity index (χ2v) is 4.40. The molecule has 0 spiro atoms. The van der Waals surface area contributed by atoms with Crippen molar-refractivity contribution in [3.8, 4) is 17.6 Å². The molecule has 0 saturated carbocycles. The predicted molar refractivity (Wildman–Crippen MR) is 83.6 cm³/mol. The molecule has 3 heterocycles. The number of hydrogen-bond donors (Lipinski definition) is 1. The first-order chi connectivity index (χ1) is 10.8. The highest BCUT2D eigenvalue weighted by molar-refractivity contribution is 5.91. The van der Waals surface area contributed by atoms with E-state index in [1.165, 1.54) is 0 Å². The van der Waals surface area contributed by atoms with Crippen molar-refractivity contribution in [2.75, 3.05) is 19.5 Å². The largest absolute Gasteiger partial charge is 0.495 e. The molecule has 0 unspecified atom stereocenters. The normalized spacial score (nSPS) is 9.91. The monoisotopic (exact) mass is 291 g/mol. The van der Waals surface area contributed by atoms with Crippen molar-refractivity contribution in [3.05, 3.63) is 48.0 Å². The topological polar surface area (TPSA) is 72.8 Å². The standard InChI is InChI=1S/C16H13N5O/c1-17-16-15-14(7-8-20-21-15)11(9-19-16)3-4-12-5-6-13(22-2)10-18-12/h5-10H,1-2H3,(H,17,19). The number of ether oxygens (including phenoxy) is 1. The summed E-state index contributed by atoms with van der Waals surface area (Å²) < 4.78 is 5.07. The van der Waals surface area contributed by atoms with E-state index in [9.17, 15) is 0 Å². The van der Waals surface area contributed by atoms with Gasteiger partial charge in [0.05, 0.1) is 25.1 Å². The summed E-state index contributed by atoms with van der Waals surface area (Å²) in [5.41, 5.74) is 2.13. The van der Waals surface area contributed by atoms with E-state index in [1.54, 1.807) is 32.7 Å². The maximum atomic E-state index is 5.07. The summed E-state index contributed by atoms with van der Waals surface area (Å²) in [5.74, 6) is 7.48. The van der Waals surface area contributed by atoms with E-state index < -0.39 is 0 Å². The fraction of sp³-hybridized carbons (Fsp3) is 0.125. The molecule has 3 aromatic heterocycles. The van der Waals surface area contributed by atoms with Crippen LogP contribution in [0.1, 0.15) is 11.3 Å². The van der Waals surface area contributed by atoms with Gasteiger partial charge in [-0.3, -0.25) is 0 Å². The highest BCUT2D eigenvalue weighted by Crippen LogP contribution is 2.20. The molecule has 6 heteroatoms. The summed E-state index contributed by atoms with van der Waals surface area (Å²) in [5, 5.41) is 11.9. The van der Waals surface area contributed by atoms with Gasteiger partial charge >= 0.3 is 0 Å². The second-order valence-electron chi connectivity index (χ2n) is 4.40. The van der Waals surface area contributed by atoms with Gasteiger partial charge in [0.25, 0.3) is 0 Å². The number of anilines is 1. The number of hydrogen-bond acceptors (Lipinski definition) is 6. The number of nitrogens with one attached hydrogen (secondary N) is 1. The van der Waals surface area contributed by atoms with Crippen molar-refractivity contribution in [1.82, 2.24) is 20.2 Å². The number of rotatable bonds is 2. The quantitative estimate of drug-likeness (QED) is 0.727. The van der Waals surface area contributed by atoms with Crippen LogP contribution in [0.25, 0.3) is 10.9 Å². The molecule has 0 aliphatic rings. The highest BCUT2D eigenvalue weighted by Gasteiger charge is 2.06. The summed E-state index contributed by atoms with van der Waals surface area (Å²) in [6, 6.07) is 5.50. The number of aromatic nitrogens is 4. The van der Waals surface area contributed by atoms with Crippen LogP contribution in [0.5, 0.6) is 5.75 Å². The van der Waals surface area contributed by atoms with E-state index in [1.807, 2.05) is 18.2 Å². The van der Waals surface area contributed by atoms with Crippen LogP contribution < -0.4 is 10.1 Å². The molecular weight excluding hydrogens is 278 g/mol. The smallest absolute Gasteiger partial charge is 0.154 e. The SMILES string of the molecule is CNc1ncc(C#Cc2ccc(OC)cn2)c2ccnnc12. The zero-order chi connectivity index (χ0) is 15.4. The minimum absolute atomic E-state index is 0.661. The second kappa shape index (κ2) is 6.06. The third-order valence-electron chi connectivity index (χ3n) is 3.09. The molecule has 0 fully saturated rings. The summed E-state index contributed by atoms with van der Waals surface area (Å²) >= 11 is 0. The average molecular weight is 291 g/mol. The lowest BCUT2D eigenvalue weighted by molar-refractivity contribution is 0.413. The van der Waals surface area contributed by atoms with Gasteiger partial charge in [-0.05, 0) is 24.1 Å². The summed E-state index contributed by atoms with van der Waals surface area (Å²) in [7, 11) is 3.40. The molecule has 0 aliphatic heterocycles. The van der Waals surface area contributed by atoms with Crippen molar-refractivity contribution in [2.24, 2.45) is 0 Å². The van der Waals surface area contributed by atoms with Crippen molar-refractivity contribution in [1.29, 1.82) is 0 Å². The van der Waals surface area contributed by atoms with Crippen LogP contribution >= 0.6 is 0 Å². The molecule has 108 valence electrons. The summed E-state index contributed by atoms with van der Waals surface area (Å²) in [4.78, 5) is 8.53. The van der Waals surface area contributed by atoms with Gasteiger partial charge in [-0.15, -0.1) is 5.10 Å². The van der Waals surface area contributed by atoms with E-state index in [0.717, 1.165) is 10.9 Å². The van der Waals surface area contributed by atoms with E-state index >= 15 is 0 Å². The summed E-state index contributed by atoms with van der Waals surface area (Å²) in [6.45, 7) is 0. The Morgan fingerprint density at radius 3 is 2.73 bits per heavy atom. The van der Waals surface area contributed by atoms with Gasteiger partial charge in [0, 0.05) is 18.6 Å². The minimum Gasteiger partial charge on any atom is -0.495 e. The Balaban J connectivity index is 2.03. The molecule has 22 heavy (non-hydrogen) atoms. The lowest BCUT2D eigenvalue weighted by atomic mass is 10.1. The number of methoxy groups -OCH3 is 1. The van der Waals surface area contributed by atoms with Crippen LogP contribution in [-0.4, -0.2) is 34.3 Å². The molecule has 0 aliphatic carbocycles. The molecule has 0 radical (unpaired) electrons. The van der Waals surface area contributed by atoms with E-state index in [2.05, 4.69) is 37.3 Å². The molecule has 0 aromatic carbocycles. The van der Waals surface area contributed by atoms with Crippen LogP contribution in [0.3, 0.4) is 0 Å². The third-order valence-corrected chi connectivity index (χ3v) is 3.09. The van der Waals surface area contributed by atoms with Crippen LogP contribution in [-0.2, 0) is 0 Å². The maximum absolute atomic E-state index is 5.07. The Morgan fingerprint density at radius 1 is 1.09 bits per heavy atom. The van der Waals surface area contributed by atoms with Gasteiger partial charge in [0.1, 0.15) is 17.0 Å². The van der Waals surface area contributed by atoms with E-state index in [-0.39, 0.29) is 0 Å². The molecule has 0 atom stereocenters. The van der Waals surface area contributed by atoms with Crippen LogP contribution in [0, 0.1) is 11.8 Å². The maximum Gasteiger partial charge on any atom is 0.154 e. The Kier molecular flexibility index (Phi) is 3.79. The van der Waals surface area contributed by atoms with Gasteiger partial charge in [-0.1, -0.05) is 5.92 Å². The van der Waals surface area contributed by atoms with Gasteiger partial charge in [-0.2, -0.15) is 5.10 Å². The highest BCUT2D eigenvalue weighted by atomic mass is 16.5. The van der Waals surface area contributed by atoms with Crippen molar-refractivity contribution in [2.45, 2.75) is 0 Å². The zero-order valence-corrected chi connectivity index (χ0v) is 12.2. The first kappa shape index (κ1) is 13.8. The lowest BCUT2D eigenvalue weighted by Crippen LogP contribution is -1.97. The molecule has 0 amide bonds. The number of pyridine rings is 2. The van der Waals surface area contributed by atoms with E-state index in [4.69, 9.17) is 4.74 Å². The molecular formula is C16H13N5O. The minimum atomic E-state index is 0.661. The van der Waals surface area contributed by atoms with Crippen LogP contribution in [0.15, 0.2) is 36.8 Å². The van der Waals surface area contributed by atoms with Crippen molar-refractivity contribution < 1.29 is 4.74 Å². The molecule has 1 N–H and O–H groups in total. The first-order valence-electron chi connectivity index (χ1n) is 6.62. The van der Waals surface area contributed by atoms with Gasteiger partial charge in [-0.25, -0.2) is 9.97 Å². The average Bonchev–Trinajstić information content (AvgIpc) is 2.60. The van der Waals surface area contributed by atoms with Gasteiger partial charge in [0.2, 0.25) is 0 Å². The lowest BCUT2D eigenvalue weighted by Gasteiger charge is -2.04. The summed E-state index contributed by atoms with van der Waals surface area (Å²) in [6.07, 6.45) is 4.99. The Morgan fingerprint density at radius 2 is 2.00 bits per heavy atom. The number of nitrogens with zero attached hydrogens (tertiary/aromatic N) is 4. The molecule has 6 nitrogen and oxygen atoms in total. The first-order valence-corrected chi connectivity index (χ1v) is 6.62. The van der Waals surface area contributed by atoms with E-state index in [0.29, 0.717) is 22.8 Å². The fourth-order valence-corrected chi connectivity index (χ4v) is 1.97. The van der Waals surface area contributed by atoms with Crippen molar-refractivity contribution >= 4 is 16.7 Å². The number of fused-ring (bicyclic) bond motifs is 1. The molecule has 0 saturated heterocycles. The zero-order valence-electron chi connectivity index (χ0n) is 12.2. The van der Waals surface area contributed by atoms with Gasteiger partial charge in [0.15, 0.2) is 5.82 Å². The Labute approximate surface area is 127 Å². The fourth-order valence-electron chi connectivity index (χ4n) is 1.97.